The number of hydrogen-bond acceptors (Lipinski definition) is 4. The molecular weight excluding hydrogens is 415 g/mol. The number of halogens is 3. The maximum absolute atomic E-state index is 14.3. The van der Waals surface area contributed by atoms with Gasteiger partial charge in [0.25, 0.3) is 17.5 Å². The topological polar surface area (TPSA) is 83.8 Å². The van der Waals surface area contributed by atoms with Gasteiger partial charge in [-0.2, -0.15) is 13.2 Å². The van der Waals surface area contributed by atoms with Gasteiger partial charge in [-0.05, 0) is 17.7 Å². The lowest BCUT2D eigenvalue weighted by Crippen LogP contribution is -2.72. The van der Waals surface area contributed by atoms with Crippen molar-refractivity contribution < 1.29 is 27.7 Å². The Hall–Kier alpha value is -3.69. The Morgan fingerprint density at radius 2 is 1.61 bits per heavy atom. The van der Waals surface area contributed by atoms with Crippen LogP contribution in [0.2, 0.25) is 0 Å². The smallest absolute Gasteiger partial charge is 0.318 e. The Balaban J connectivity index is 2.13. The number of para-hydroxylation sites is 1. The number of carbonyl (C=O) groups excluding carboxylic acids is 2. The maximum atomic E-state index is 14.3. The van der Waals surface area contributed by atoms with Gasteiger partial charge in [-0.15, -0.1) is 0 Å². The number of benzene rings is 2. The molecule has 0 aliphatic carbocycles. The highest BCUT2D eigenvalue weighted by molar-refractivity contribution is 6.09. The summed E-state index contributed by atoms with van der Waals surface area (Å²) in [6.45, 7) is 0. The fourth-order valence-electron chi connectivity index (χ4n) is 3.60. The van der Waals surface area contributed by atoms with E-state index < -0.39 is 40.6 Å². The van der Waals surface area contributed by atoms with Crippen LogP contribution < -0.4 is 0 Å². The molecule has 3 rings (SSSR count). The number of piperazine rings is 1. The van der Waals surface area contributed by atoms with Crippen LogP contribution in [0.5, 0.6) is 0 Å². The number of alkyl halides is 3. The maximum Gasteiger partial charge on any atom is 0.421 e. The van der Waals surface area contributed by atoms with E-state index in [0.717, 1.165) is 20.2 Å². The van der Waals surface area contributed by atoms with E-state index in [0.29, 0.717) is 9.80 Å². The zero-order valence-electron chi connectivity index (χ0n) is 16.6. The van der Waals surface area contributed by atoms with Crippen LogP contribution in [-0.2, 0) is 16.0 Å². The number of nitro benzene ring substituents is 1. The molecular formula is C21H18F3N3O4. The highest BCUT2D eigenvalue weighted by Gasteiger charge is 2.67. The number of carbonyl (C=O) groups is 2. The standard InChI is InChI=1S/C21H18F3N3O4/c1-25-17(12-15-10-6-7-11-16(15)27(30)31)18(28)26(2)20(19(25)29,21(22,23)24)13-14-8-4-3-5-9-14/h3-12H,13H2,1-2H3/b17-12+. The molecule has 2 amide bonds. The van der Waals surface area contributed by atoms with Crippen LogP contribution in [0.4, 0.5) is 18.9 Å². The van der Waals surface area contributed by atoms with Crippen LogP contribution in [0.3, 0.4) is 0 Å². The third kappa shape index (κ3) is 3.65. The summed E-state index contributed by atoms with van der Waals surface area (Å²) >= 11 is 0. The van der Waals surface area contributed by atoms with Gasteiger partial charge in [-0.3, -0.25) is 19.7 Å². The zero-order valence-corrected chi connectivity index (χ0v) is 16.6. The SMILES string of the molecule is CN1C(=O)C(Cc2ccccc2)(C(F)(F)F)N(C)C(=O)/C1=C\c1ccccc1[N+](=O)[O-]. The molecule has 1 atom stereocenters. The summed E-state index contributed by atoms with van der Waals surface area (Å²) in [5.41, 5.74) is -3.63. The number of nitro groups is 1. The minimum absolute atomic E-state index is 0.00790. The molecule has 0 saturated carbocycles. The monoisotopic (exact) mass is 433 g/mol. The third-order valence-corrected chi connectivity index (χ3v) is 5.31. The van der Waals surface area contributed by atoms with Crippen LogP contribution in [0.25, 0.3) is 6.08 Å². The van der Waals surface area contributed by atoms with Crippen molar-refractivity contribution in [3.8, 4) is 0 Å². The van der Waals surface area contributed by atoms with Crippen molar-refractivity contribution in [2.45, 2.75) is 18.1 Å². The van der Waals surface area contributed by atoms with Crippen LogP contribution in [0.1, 0.15) is 11.1 Å². The van der Waals surface area contributed by atoms with E-state index in [1.165, 1.54) is 48.5 Å². The van der Waals surface area contributed by atoms with E-state index >= 15 is 0 Å². The Morgan fingerprint density at radius 3 is 2.19 bits per heavy atom. The number of hydrogen-bond donors (Lipinski definition) is 0. The zero-order chi connectivity index (χ0) is 23.0. The van der Waals surface area contributed by atoms with E-state index in [1.807, 2.05) is 0 Å². The van der Waals surface area contributed by atoms with Gasteiger partial charge in [-0.1, -0.05) is 42.5 Å². The van der Waals surface area contributed by atoms with Crippen molar-refractivity contribution in [2.75, 3.05) is 14.1 Å². The van der Waals surface area contributed by atoms with Gasteiger partial charge >= 0.3 is 6.18 Å². The second-order valence-corrected chi connectivity index (χ2v) is 7.09. The molecule has 0 radical (unpaired) electrons. The van der Waals surface area contributed by atoms with Gasteiger partial charge in [0.05, 0.1) is 10.5 Å². The van der Waals surface area contributed by atoms with Gasteiger partial charge in [0.1, 0.15) is 5.70 Å². The molecule has 2 aromatic carbocycles. The first-order valence-electron chi connectivity index (χ1n) is 9.13. The highest BCUT2D eigenvalue weighted by Crippen LogP contribution is 2.43. The van der Waals surface area contributed by atoms with Crippen molar-refractivity contribution in [2.24, 2.45) is 0 Å². The van der Waals surface area contributed by atoms with E-state index in [2.05, 4.69) is 0 Å². The molecule has 162 valence electrons. The minimum Gasteiger partial charge on any atom is -0.318 e. The summed E-state index contributed by atoms with van der Waals surface area (Å²) in [6.07, 6.45) is -4.78. The summed E-state index contributed by atoms with van der Waals surface area (Å²) in [4.78, 5) is 37.7. The van der Waals surface area contributed by atoms with E-state index in [-0.39, 0.29) is 16.8 Å². The van der Waals surface area contributed by atoms with Crippen molar-refractivity contribution in [1.29, 1.82) is 0 Å². The van der Waals surface area contributed by atoms with Crippen molar-refractivity contribution >= 4 is 23.6 Å². The van der Waals surface area contributed by atoms with E-state index in [1.54, 1.807) is 6.07 Å². The second-order valence-electron chi connectivity index (χ2n) is 7.09. The first kappa shape index (κ1) is 22.0. The molecule has 0 spiro atoms. The molecule has 1 saturated heterocycles. The van der Waals surface area contributed by atoms with Crippen molar-refractivity contribution in [3.63, 3.8) is 0 Å². The number of rotatable bonds is 4. The lowest BCUT2D eigenvalue weighted by atomic mass is 9.84. The highest BCUT2D eigenvalue weighted by atomic mass is 19.4. The molecule has 0 N–H and O–H groups in total. The van der Waals surface area contributed by atoms with Crippen LogP contribution in [0.15, 0.2) is 60.3 Å². The van der Waals surface area contributed by atoms with Gasteiger partial charge in [0.2, 0.25) is 5.54 Å². The molecule has 1 fully saturated rings. The molecule has 7 nitrogen and oxygen atoms in total. The average molecular weight is 433 g/mol. The first-order valence-corrected chi connectivity index (χ1v) is 9.13. The molecule has 1 aliphatic heterocycles. The van der Waals surface area contributed by atoms with Gasteiger partial charge in [0, 0.05) is 26.6 Å². The lowest BCUT2D eigenvalue weighted by molar-refractivity contribution is -0.385. The Morgan fingerprint density at radius 1 is 1.03 bits per heavy atom. The molecule has 0 bridgehead atoms. The molecule has 31 heavy (non-hydrogen) atoms. The van der Waals surface area contributed by atoms with Crippen molar-refractivity contribution in [1.82, 2.24) is 9.80 Å². The third-order valence-electron chi connectivity index (χ3n) is 5.31. The Kier molecular flexibility index (Phi) is 5.58. The largest absolute Gasteiger partial charge is 0.421 e. The minimum atomic E-state index is -5.07. The number of amides is 2. The molecule has 1 heterocycles. The van der Waals surface area contributed by atoms with Crippen LogP contribution in [0, 0.1) is 10.1 Å². The Bertz CT molecular complexity index is 1070. The van der Waals surface area contributed by atoms with Gasteiger partial charge < -0.3 is 9.80 Å². The summed E-state index contributed by atoms with van der Waals surface area (Å²) < 4.78 is 42.9. The summed E-state index contributed by atoms with van der Waals surface area (Å²) in [5.74, 6) is -2.43. The first-order chi connectivity index (χ1) is 14.5. The molecule has 10 heteroatoms. The predicted octanol–water partition coefficient (Wildman–Crippen LogP) is 3.41. The van der Waals surface area contributed by atoms with Crippen LogP contribution in [-0.4, -0.2) is 52.3 Å². The van der Waals surface area contributed by atoms with E-state index in [4.69, 9.17) is 0 Å². The molecule has 1 unspecified atom stereocenters. The average Bonchev–Trinajstić information content (AvgIpc) is 2.73. The number of likely N-dealkylation sites (N-methyl/N-ethyl adjacent to an activating group) is 2. The molecule has 1 aliphatic rings. The van der Waals surface area contributed by atoms with Crippen LogP contribution >= 0.6 is 0 Å². The summed E-state index contributed by atoms with van der Waals surface area (Å²) in [7, 11) is 1.97. The van der Waals surface area contributed by atoms with Crippen molar-refractivity contribution in [3.05, 3.63) is 81.5 Å². The number of nitrogens with zero attached hydrogens (tertiary/aromatic N) is 3. The van der Waals surface area contributed by atoms with Gasteiger partial charge in [-0.25, -0.2) is 0 Å². The van der Waals surface area contributed by atoms with E-state index in [9.17, 15) is 32.9 Å². The summed E-state index contributed by atoms with van der Waals surface area (Å²) in [6, 6.07) is 13.0. The Labute approximate surface area is 175 Å². The lowest BCUT2D eigenvalue weighted by Gasteiger charge is -2.48. The second kappa shape index (κ2) is 7.86. The normalized spacial score (nSPS) is 21.0. The van der Waals surface area contributed by atoms with Gasteiger partial charge in [0.15, 0.2) is 0 Å². The fraction of sp³-hybridized carbons (Fsp3) is 0.238. The summed E-state index contributed by atoms with van der Waals surface area (Å²) in [5, 5.41) is 11.2. The predicted molar refractivity (Wildman–Crippen MR) is 106 cm³/mol. The molecule has 0 aromatic heterocycles. The fourth-order valence-corrected chi connectivity index (χ4v) is 3.60. The molecule has 2 aromatic rings. The quantitative estimate of drug-likeness (QED) is 0.420.